The molecule has 0 unspecified atom stereocenters. The quantitative estimate of drug-likeness (QED) is 0.257. The highest BCUT2D eigenvalue weighted by Crippen LogP contribution is 2.21. The summed E-state index contributed by atoms with van der Waals surface area (Å²) < 4.78 is 5.42. The van der Waals surface area contributed by atoms with Crippen LogP contribution in [-0.4, -0.2) is 16.8 Å². The fourth-order valence-electron chi connectivity index (χ4n) is 2.81. The molecule has 0 saturated carbocycles. The Bertz CT molecular complexity index is 1110. The van der Waals surface area contributed by atoms with Crippen LogP contribution >= 0.6 is 0 Å². The van der Waals surface area contributed by atoms with Gasteiger partial charge in [0.2, 0.25) is 6.10 Å². The van der Waals surface area contributed by atoms with Gasteiger partial charge in [-0.05, 0) is 30.7 Å². The van der Waals surface area contributed by atoms with E-state index in [1.54, 1.807) is 48.5 Å². The molecule has 0 fully saturated rings. The monoisotopic (exact) mass is 416 g/mol. The number of aryl methyl sites for hydroxylation is 1. The van der Waals surface area contributed by atoms with Crippen molar-refractivity contribution in [3.05, 3.63) is 112 Å². The number of ether oxygens (including phenoxy) is 1. The van der Waals surface area contributed by atoms with E-state index in [4.69, 9.17) is 4.74 Å². The van der Waals surface area contributed by atoms with Gasteiger partial charge in [-0.1, -0.05) is 60.2 Å². The average Bonchev–Trinajstić information content (AvgIpc) is 2.78. The molecule has 0 saturated heterocycles. The molecular weight excluding hydrogens is 396 g/mol. The number of nitro groups is 1. The number of nitro benzene ring substituents is 1. The zero-order valence-corrected chi connectivity index (χ0v) is 16.7. The van der Waals surface area contributed by atoms with Gasteiger partial charge in [0.1, 0.15) is 0 Å². The summed E-state index contributed by atoms with van der Waals surface area (Å²) >= 11 is 0. The van der Waals surface area contributed by atoms with E-state index in [1.807, 2.05) is 19.1 Å². The van der Waals surface area contributed by atoms with Gasteiger partial charge >= 0.3 is 5.97 Å². The molecule has 0 heterocycles. The van der Waals surface area contributed by atoms with Crippen molar-refractivity contribution in [1.82, 2.24) is 0 Å². The highest BCUT2D eigenvalue weighted by molar-refractivity contribution is 5.97. The lowest BCUT2D eigenvalue weighted by Gasteiger charge is -2.17. The molecule has 3 aromatic rings. The molecular formula is C24H20N2O5. The van der Waals surface area contributed by atoms with Crippen molar-refractivity contribution in [2.45, 2.75) is 13.0 Å². The number of anilines is 1. The maximum Gasteiger partial charge on any atom is 0.331 e. The van der Waals surface area contributed by atoms with E-state index < -0.39 is 22.9 Å². The Hall–Kier alpha value is -4.26. The zero-order valence-electron chi connectivity index (χ0n) is 16.7. The van der Waals surface area contributed by atoms with E-state index in [9.17, 15) is 19.7 Å². The first-order valence-electron chi connectivity index (χ1n) is 9.48. The average molecular weight is 416 g/mol. The number of nitrogens with zero attached hydrogens (tertiary/aromatic N) is 1. The Balaban J connectivity index is 1.76. The standard InChI is InChI=1S/C24H20N2O5/c1-17-10-13-20(14-11-17)25-24(28)23(19-7-3-2-4-8-19)31-22(27)15-12-18-6-5-9-21(16-18)26(29)30/h2-16,23H,1H3,(H,25,28)/b15-12+/t23-/m1/s1. The molecule has 1 amide bonds. The fraction of sp³-hybridized carbons (Fsp3) is 0.0833. The molecule has 0 spiro atoms. The van der Waals surface area contributed by atoms with E-state index in [2.05, 4.69) is 5.32 Å². The molecule has 1 N–H and O–H groups in total. The lowest BCUT2D eigenvalue weighted by atomic mass is 10.1. The molecule has 0 aliphatic carbocycles. The molecule has 1 atom stereocenters. The van der Waals surface area contributed by atoms with Gasteiger partial charge in [-0.3, -0.25) is 14.9 Å². The molecule has 31 heavy (non-hydrogen) atoms. The third-order valence-electron chi connectivity index (χ3n) is 4.39. The van der Waals surface area contributed by atoms with Crippen LogP contribution in [0.2, 0.25) is 0 Å². The number of carbonyl (C=O) groups is 2. The van der Waals surface area contributed by atoms with Crippen molar-refractivity contribution in [1.29, 1.82) is 0 Å². The Labute approximate surface area is 179 Å². The summed E-state index contributed by atoms with van der Waals surface area (Å²) in [6, 6.07) is 21.7. The van der Waals surface area contributed by atoms with Crippen molar-refractivity contribution < 1.29 is 19.2 Å². The van der Waals surface area contributed by atoms with Gasteiger partial charge in [0.25, 0.3) is 11.6 Å². The predicted molar refractivity (Wildman–Crippen MR) is 117 cm³/mol. The minimum atomic E-state index is -1.16. The fourth-order valence-corrected chi connectivity index (χ4v) is 2.81. The van der Waals surface area contributed by atoms with Crippen LogP contribution in [0.3, 0.4) is 0 Å². The van der Waals surface area contributed by atoms with E-state index >= 15 is 0 Å². The van der Waals surface area contributed by atoms with Crippen LogP contribution in [0.5, 0.6) is 0 Å². The van der Waals surface area contributed by atoms with Gasteiger partial charge in [0, 0.05) is 29.5 Å². The molecule has 0 aliphatic heterocycles. The van der Waals surface area contributed by atoms with Crippen LogP contribution in [0.1, 0.15) is 22.8 Å². The molecule has 7 nitrogen and oxygen atoms in total. The van der Waals surface area contributed by atoms with Gasteiger partial charge in [-0.2, -0.15) is 0 Å². The Morgan fingerprint density at radius 1 is 1.00 bits per heavy atom. The molecule has 0 aromatic heterocycles. The summed E-state index contributed by atoms with van der Waals surface area (Å²) in [4.78, 5) is 35.6. The molecule has 7 heteroatoms. The molecule has 3 rings (SSSR count). The highest BCUT2D eigenvalue weighted by atomic mass is 16.6. The van der Waals surface area contributed by atoms with Crippen molar-refractivity contribution in [2.24, 2.45) is 0 Å². The molecule has 0 radical (unpaired) electrons. The summed E-state index contributed by atoms with van der Waals surface area (Å²) in [6.07, 6.45) is 1.37. The van der Waals surface area contributed by atoms with Gasteiger partial charge in [-0.25, -0.2) is 4.79 Å². The topological polar surface area (TPSA) is 98.5 Å². The lowest BCUT2D eigenvalue weighted by molar-refractivity contribution is -0.384. The number of esters is 1. The van der Waals surface area contributed by atoms with E-state index in [-0.39, 0.29) is 5.69 Å². The smallest absolute Gasteiger partial charge is 0.331 e. The second-order valence-corrected chi connectivity index (χ2v) is 6.77. The predicted octanol–water partition coefficient (Wildman–Crippen LogP) is 4.84. The molecule has 156 valence electrons. The SMILES string of the molecule is Cc1ccc(NC(=O)[C@H](OC(=O)/C=C/c2cccc([N+](=O)[O-])c2)c2ccccc2)cc1. The maximum absolute atomic E-state index is 12.8. The number of non-ortho nitro benzene ring substituents is 1. The number of benzene rings is 3. The van der Waals surface area contributed by atoms with Crippen LogP contribution in [0.25, 0.3) is 6.08 Å². The first-order chi connectivity index (χ1) is 14.9. The Morgan fingerprint density at radius 2 is 1.71 bits per heavy atom. The number of nitrogens with one attached hydrogen (secondary N) is 1. The van der Waals surface area contributed by atoms with Gasteiger partial charge < -0.3 is 10.1 Å². The molecule has 3 aromatic carbocycles. The molecule has 0 bridgehead atoms. The third-order valence-corrected chi connectivity index (χ3v) is 4.39. The summed E-state index contributed by atoms with van der Waals surface area (Å²) in [5.74, 6) is -1.24. The van der Waals surface area contributed by atoms with Crippen molar-refractivity contribution >= 4 is 29.3 Å². The van der Waals surface area contributed by atoms with Crippen LogP contribution in [0.4, 0.5) is 11.4 Å². The number of amides is 1. The van der Waals surface area contributed by atoms with E-state index in [1.165, 1.54) is 24.3 Å². The highest BCUT2D eigenvalue weighted by Gasteiger charge is 2.24. The maximum atomic E-state index is 12.8. The van der Waals surface area contributed by atoms with Crippen molar-refractivity contribution in [3.8, 4) is 0 Å². The largest absolute Gasteiger partial charge is 0.444 e. The number of carbonyl (C=O) groups excluding carboxylic acids is 2. The second kappa shape index (κ2) is 9.98. The van der Waals surface area contributed by atoms with Crippen molar-refractivity contribution in [2.75, 3.05) is 5.32 Å². The first-order valence-corrected chi connectivity index (χ1v) is 9.48. The van der Waals surface area contributed by atoms with Crippen LogP contribution in [0.15, 0.2) is 84.9 Å². The minimum absolute atomic E-state index is 0.0878. The summed E-state index contributed by atoms with van der Waals surface area (Å²) in [5, 5.41) is 13.6. The van der Waals surface area contributed by atoms with E-state index in [0.717, 1.165) is 11.6 Å². The normalized spacial score (nSPS) is 11.6. The van der Waals surface area contributed by atoms with E-state index in [0.29, 0.717) is 16.8 Å². The first kappa shape index (κ1) is 21.4. The summed E-state index contributed by atoms with van der Waals surface area (Å²) in [6.45, 7) is 1.94. The number of rotatable bonds is 7. The van der Waals surface area contributed by atoms with Gasteiger partial charge in [-0.15, -0.1) is 0 Å². The summed E-state index contributed by atoms with van der Waals surface area (Å²) in [5.41, 5.74) is 2.53. The van der Waals surface area contributed by atoms with Gasteiger partial charge in [0.05, 0.1) is 4.92 Å². The van der Waals surface area contributed by atoms with Gasteiger partial charge in [0.15, 0.2) is 0 Å². The Morgan fingerprint density at radius 3 is 2.39 bits per heavy atom. The van der Waals surface area contributed by atoms with Crippen LogP contribution in [-0.2, 0) is 14.3 Å². The van der Waals surface area contributed by atoms with Crippen LogP contribution in [0, 0.1) is 17.0 Å². The van der Waals surface area contributed by atoms with Crippen molar-refractivity contribution in [3.63, 3.8) is 0 Å². The van der Waals surface area contributed by atoms with Crippen LogP contribution < -0.4 is 5.32 Å². The zero-order chi connectivity index (χ0) is 22.2. The second-order valence-electron chi connectivity index (χ2n) is 6.77. The number of hydrogen-bond acceptors (Lipinski definition) is 5. The molecule has 0 aliphatic rings. The Kier molecular flexibility index (Phi) is 6.90. The number of hydrogen-bond donors (Lipinski definition) is 1. The summed E-state index contributed by atoms with van der Waals surface area (Å²) in [7, 11) is 0. The third kappa shape index (κ3) is 6.11. The lowest BCUT2D eigenvalue weighted by Crippen LogP contribution is -2.25. The minimum Gasteiger partial charge on any atom is -0.444 e.